The van der Waals surface area contributed by atoms with Gasteiger partial charge in [0.25, 0.3) is 0 Å². The lowest BCUT2D eigenvalue weighted by molar-refractivity contribution is 0.149. The predicted octanol–water partition coefficient (Wildman–Crippen LogP) is 2.67. The standard InChI is InChI=1S/C15H23NO/c1-12(14(2)9-10-14)16-15(3,11-17)13-7-5-4-6-8-13/h4-8,12,16-17H,9-11H2,1-3H3. The van der Waals surface area contributed by atoms with Crippen LogP contribution in [0.4, 0.5) is 0 Å². The smallest absolute Gasteiger partial charge is 0.0652 e. The van der Waals surface area contributed by atoms with Crippen LogP contribution in [0.25, 0.3) is 0 Å². The van der Waals surface area contributed by atoms with Crippen LogP contribution < -0.4 is 5.32 Å². The third-order valence-corrected chi connectivity index (χ3v) is 4.35. The molecule has 1 aromatic rings. The third kappa shape index (κ3) is 2.53. The van der Waals surface area contributed by atoms with Gasteiger partial charge in [0.1, 0.15) is 0 Å². The van der Waals surface area contributed by atoms with Crippen molar-refractivity contribution in [3.05, 3.63) is 35.9 Å². The molecule has 0 saturated heterocycles. The van der Waals surface area contributed by atoms with Gasteiger partial charge in [-0.25, -0.2) is 0 Å². The van der Waals surface area contributed by atoms with E-state index in [1.165, 1.54) is 12.8 Å². The molecular weight excluding hydrogens is 210 g/mol. The van der Waals surface area contributed by atoms with Crippen molar-refractivity contribution in [1.29, 1.82) is 0 Å². The van der Waals surface area contributed by atoms with Crippen LogP contribution in [-0.2, 0) is 5.54 Å². The summed E-state index contributed by atoms with van der Waals surface area (Å²) in [6.45, 7) is 6.74. The molecule has 94 valence electrons. The number of rotatable bonds is 5. The van der Waals surface area contributed by atoms with Gasteiger partial charge >= 0.3 is 0 Å². The Bertz CT molecular complexity index is 372. The van der Waals surface area contributed by atoms with E-state index in [0.717, 1.165) is 5.56 Å². The average Bonchev–Trinajstić information content (AvgIpc) is 3.10. The molecule has 1 saturated carbocycles. The molecule has 2 atom stereocenters. The highest BCUT2D eigenvalue weighted by atomic mass is 16.3. The van der Waals surface area contributed by atoms with E-state index in [9.17, 15) is 5.11 Å². The monoisotopic (exact) mass is 233 g/mol. The summed E-state index contributed by atoms with van der Waals surface area (Å²) in [5, 5.41) is 13.3. The minimum Gasteiger partial charge on any atom is -0.394 e. The van der Waals surface area contributed by atoms with E-state index in [1.54, 1.807) is 0 Å². The molecule has 1 aliphatic rings. The third-order valence-electron chi connectivity index (χ3n) is 4.35. The second-order valence-corrected chi connectivity index (χ2v) is 5.88. The van der Waals surface area contributed by atoms with E-state index >= 15 is 0 Å². The van der Waals surface area contributed by atoms with E-state index in [0.29, 0.717) is 11.5 Å². The molecule has 1 aromatic carbocycles. The molecule has 1 aliphatic carbocycles. The highest BCUT2D eigenvalue weighted by Gasteiger charge is 2.44. The molecule has 2 N–H and O–H groups in total. The Morgan fingerprint density at radius 2 is 1.94 bits per heavy atom. The van der Waals surface area contributed by atoms with E-state index in [1.807, 2.05) is 18.2 Å². The van der Waals surface area contributed by atoms with Gasteiger partial charge in [-0.05, 0) is 37.7 Å². The Hall–Kier alpha value is -0.860. The topological polar surface area (TPSA) is 32.3 Å². The zero-order chi connectivity index (χ0) is 12.5. The first-order valence-corrected chi connectivity index (χ1v) is 6.44. The van der Waals surface area contributed by atoms with Crippen LogP contribution in [-0.4, -0.2) is 17.8 Å². The van der Waals surface area contributed by atoms with Crippen molar-refractivity contribution in [2.24, 2.45) is 5.41 Å². The minimum atomic E-state index is -0.341. The maximum absolute atomic E-state index is 9.71. The number of hydrogen-bond acceptors (Lipinski definition) is 2. The van der Waals surface area contributed by atoms with Crippen molar-refractivity contribution in [3.63, 3.8) is 0 Å². The molecule has 0 radical (unpaired) electrons. The van der Waals surface area contributed by atoms with Crippen molar-refractivity contribution in [3.8, 4) is 0 Å². The maximum Gasteiger partial charge on any atom is 0.0652 e. The van der Waals surface area contributed by atoms with Gasteiger partial charge in [-0.15, -0.1) is 0 Å². The lowest BCUT2D eigenvalue weighted by Crippen LogP contribution is -2.50. The first-order chi connectivity index (χ1) is 8.00. The second kappa shape index (κ2) is 4.43. The molecule has 0 bridgehead atoms. The summed E-state index contributed by atoms with van der Waals surface area (Å²) in [4.78, 5) is 0. The summed E-state index contributed by atoms with van der Waals surface area (Å²) in [6.07, 6.45) is 2.58. The second-order valence-electron chi connectivity index (χ2n) is 5.88. The van der Waals surface area contributed by atoms with Crippen LogP contribution in [0, 0.1) is 5.41 Å². The summed E-state index contributed by atoms with van der Waals surface area (Å²) in [7, 11) is 0. The van der Waals surface area contributed by atoms with Crippen molar-refractivity contribution in [1.82, 2.24) is 5.32 Å². The average molecular weight is 233 g/mol. The lowest BCUT2D eigenvalue weighted by Gasteiger charge is -2.35. The Labute approximate surface area is 104 Å². The van der Waals surface area contributed by atoms with Gasteiger partial charge in [-0.3, -0.25) is 0 Å². The van der Waals surface area contributed by atoms with Crippen LogP contribution in [0.5, 0.6) is 0 Å². The van der Waals surface area contributed by atoms with Gasteiger partial charge in [0.05, 0.1) is 12.1 Å². The molecule has 0 amide bonds. The molecule has 0 aromatic heterocycles. The van der Waals surface area contributed by atoms with E-state index < -0.39 is 0 Å². The Balaban J connectivity index is 2.14. The zero-order valence-electron chi connectivity index (χ0n) is 11.0. The highest BCUT2D eigenvalue weighted by Crippen LogP contribution is 2.48. The van der Waals surface area contributed by atoms with Crippen LogP contribution in [0.1, 0.15) is 39.2 Å². The molecule has 17 heavy (non-hydrogen) atoms. The van der Waals surface area contributed by atoms with E-state index in [4.69, 9.17) is 0 Å². The number of hydrogen-bond donors (Lipinski definition) is 2. The fourth-order valence-corrected chi connectivity index (χ4v) is 2.31. The van der Waals surface area contributed by atoms with Crippen molar-refractivity contribution in [2.45, 2.75) is 45.2 Å². The fourth-order valence-electron chi connectivity index (χ4n) is 2.31. The Morgan fingerprint density at radius 3 is 2.41 bits per heavy atom. The molecule has 0 spiro atoms. The fraction of sp³-hybridized carbons (Fsp3) is 0.600. The summed E-state index contributed by atoms with van der Waals surface area (Å²) in [6, 6.07) is 10.6. The van der Waals surface area contributed by atoms with Crippen molar-refractivity contribution in [2.75, 3.05) is 6.61 Å². The first-order valence-electron chi connectivity index (χ1n) is 6.44. The van der Waals surface area contributed by atoms with E-state index in [-0.39, 0.29) is 12.1 Å². The zero-order valence-corrected chi connectivity index (χ0v) is 11.0. The highest BCUT2D eigenvalue weighted by molar-refractivity contribution is 5.24. The molecule has 1 fully saturated rings. The summed E-state index contributed by atoms with van der Waals surface area (Å²) in [5.41, 5.74) is 1.23. The van der Waals surface area contributed by atoms with Gasteiger partial charge in [-0.2, -0.15) is 0 Å². The van der Waals surface area contributed by atoms with Gasteiger partial charge in [0, 0.05) is 6.04 Å². The molecule has 2 unspecified atom stereocenters. The molecule has 2 heteroatoms. The number of aliphatic hydroxyl groups excluding tert-OH is 1. The van der Waals surface area contributed by atoms with Gasteiger partial charge < -0.3 is 10.4 Å². The van der Waals surface area contributed by atoms with Gasteiger partial charge in [0.2, 0.25) is 0 Å². The van der Waals surface area contributed by atoms with Gasteiger partial charge in [-0.1, -0.05) is 37.3 Å². The normalized spacial score (nSPS) is 22.8. The van der Waals surface area contributed by atoms with Crippen molar-refractivity contribution >= 4 is 0 Å². The van der Waals surface area contributed by atoms with Crippen LogP contribution in [0.3, 0.4) is 0 Å². The lowest BCUT2D eigenvalue weighted by atomic mass is 9.89. The van der Waals surface area contributed by atoms with Crippen LogP contribution in [0.15, 0.2) is 30.3 Å². The first kappa shape index (κ1) is 12.6. The quantitative estimate of drug-likeness (QED) is 0.819. The number of benzene rings is 1. The molecule has 0 aliphatic heterocycles. The summed E-state index contributed by atoms with van der Waals surface area (Å²) < 4.78 is 0. The Kier molecular flexibility index (Phi) is 3.28. The van der Waals surface area contributed by atoms with Crippen LogP contribution >= 0.6 is 0 Å². The summed E-state index contributed by atoms with van der Waals surface area (Å²) in [5.74, 6) is 0. The molecule has 2 rings (SSSR count). The van der Waals surface area contributed by atoms with E-state index in [2.05, 4.69) is 38.2 Å². The predicted molar refractivity (Wildman–Crippen MR) is 70.8 cm³/mol. The largest absolute Gasteiger partial charge is 0.394 e. The van der Waals surface area contributed by atoms with Crippen molar-refractivity contribution < 1.29 is 5.11 Å². The SMILES string of the molecule is CC(NC(C)(CO)c1ccccc1)C1(C)CC1. The summed E-state index contributed by atoms with van der Waals surface area (Å²) >= 11 is 0. The maximum atomic E-state index is 9.71. The number of nitrogens with one attached hydrogen (secondary N) is 1. The van der Waals surface area contributed by atoms with Crippen LogP contribution in [0.2, 0.25) is 0 Å². The minimum absolute atomic E-state index is 0.122. The van der Waals surface area contributed by atoms with Gasteiger partial charge in [0.15, 0.2) is 0 Å². The molecular formula is C15H23NO. The molecule has 2 nitrogen and oxygen atoms in total. The Morgan fingerprint density at radius 1 is 1.35 bits per heavy atom. The number of aliphatic hydroxyl groups is 1. The molecule has 0 heterocycles.